The van der Waals surface area contributed by atoms with E-state index in [1.165, 1.54) is 34.5 Å². The van der Waals surface area contributed by atoms with Gasteiger partial charge in [-0.15, -0.1) is 0 Å². The standard InChI is InChI=1S/C22H21ClFN3O2S/c1-14-6-4-5-11-26(14)20(28)13-30-22-25-19-8-3-2-7-16(19)21(29)27(22)15-9-10-18(24)17(23)12-15/h2-3,7-10,12,14H,4-6,11,13H2,1H3/t14-/m1/s1. The molecule has 0 radical (unpaired) electrons. The van der Waals surface area contributed by atoms with E-state index in [0.717, 1.165) is 25.8 Å². The predicted octanol–water partition coefficient (Wildman–Crippen LogP) is 4.67. The summed E-state index contributed by atoms with van der Waals surface area (Å²) < 4.78 is 15.1. The summed E-state index contributed by atoms with van der Waals surface area (Å²) in [6.07, 6.45) is 3.15. The van der Waals surface area contributed by atoms with Crippen molar-refractivity contribution in [1.82, 2.24) is 14.5 Å². The van der Waals surface area contributed by atoms with Gasteiger partial charge in [-0.1, -0.05) is 35.5 Å². The molecule has 0 unspecified atom stereocenters. The van der Waals surface area contributed by atoms with Crippen molar-refractivity contribution in [1.29, 1.82) is 0 Å². The molecule has 2 heterocycles. The zero-order valence-corrected chi connectivity index (χ0v) is 18.0. The molecule has 0 aliphatic carbocycles. The number of piperidine rings is 1. The maximum atomic E-state index is 13.7. The van der Waals surface area contributed by atoms with Gasteiger partial charge in [0.1, 0.15) is 5.82 Å². The molecule has 2 aromatic carbocycles. The molecule has 1 aromatic heterocycles. The summed E-state index contributed by atoms with van der Waals surface area (Å²) in [6.45, 7) is 2.82. The predicted molar refractivity (Wildman–Crippen MR) is 118 cm³/mol. The molecule has 1 aliphatic heterocycles. The molecular weight excluding hydrogens is 425 g/mol. The summed E-state index contributed by atoms with van der Waals surface area (Å²) in [6, 6.07) is 11.3. The number of nitrogens with zero attached hydrogens (tertiary/aromatic N) is 3. The summed E-state index contributed by atoms with van der Waals surface area (Å²) in [5, 5.41) is 0.736. The van der Waals surface area contributed by atoms with Crippen molar-refractivity contribution in [3.63, 3.8) is 0 Å². The lowest BCUT2D eigenvalue weighted by molar-refractivity contribution is -0.131. The van der Waals surface area contributed by atoms with Crippen LogP contribution in [0.2, 0.25) is 5.02 Å². The maximum Gasteiger partial charge on any atom is 0.266 e. The molecular formula is C22H21ClFN3O2S. The highest BCUT2D eigenvalue weighted by atomic mass is 35.5. The van der Waals surface area contributed by atoms with Crippen LogP contribution in [0.3, 0.4) is 0 Å². The first-order valence-corrected chi connectivity index (χ1v) is 11.2. The lowest BCUT2D eigenvalue weighted by atomic mass is 10.0. The molecule has 5 nitrogen and oxygen atoms in total. The first-order valence-electron chi connectivity index (χ1n) is 9.85. The van der Waals surface area contributed by atoms with Crippen LogP contribution in [0.25, 0.3) is 16.6 Å². The second-order valence-corrected chi connectivity index (χ2v) is 8.72. The molecule has 0 bridgehead atoms. The molecule has 156 valence electrons. The number of halogens is 2. The summed E-state index contributed by atoms with van der Waals surface area (Å²) >= 11 is 7.16. The molecule has 1 atom stereocenters. The summed E-state index contributed by atoms with van der Waals surface area (Å²) in [5.74, 6) is -0.367. The number of hydrogen-bond acceptors (Lipinski definition) is 4. The molecule has 0 saturated carbocycles. The van der Waals surface area contributed by atoms with E-state index in [1.54, 1.807) is 18.2 Å². The zero-order valence-electron chi connectivity index (χ0n) is 16.5. The van der Waals surface area contributed by atoms with Gasteiger partial charge in [0.05, 0.1) is 27.4 Å². The van der Waals surface area contributed by atoms with E-state index in [4.69, 9.17) is 11.6 Å². The van der Waals surface area contributed by atoms with E-state index in [-0.39, 0.29) is 28.3 Å². The minimum Gasteiger partial charge on any atom is -0.339 e. The maximum absolute atomic E-state index is 13.7. The van der Waals surface area contributed by atoms with Crippen LogP contribution < -0.4 is 5.56 Å². The summed E-state index contributed by atoms with van der Waals surface area (Å²) in [4.78, 5) is 32.5. The fraction of sp³-hybridized carbons (Fsp3) is 0.318. The number of amides is 1. The number of rotatable bonds is 4. The fourth-order valence-corrected chi connectivity index (χ4v) is 4.81. The van der Waals surface area contributed by atoms with Crippen LogP contribution in [0.4, 0.5) is 4.39 Å². The fourth-order valence-electron chi connectivity index (χ4n) is 3.74. The molecule has 0 N–H and O–H groups in total. The van der Waals surface area contributed by atoms with Gasteiger partial charge in [-0.3, -0.25) is 14.2 Å². The topological polar surface area (TPSA) is 55.2 Å². The van der Waals surface area contributed by atoms with Crippen molar-refractivity contribution in [2.75, 3.05) is 12.3 Å². The highest BCUT2D eigenvalue weighted by Gasteiger charge is 2.24. The van der Waals surface area contributed by atoms with Crippen molar-refractivity contribution in [2.45, 2.75) is 37.4 Å². The zero-order chi connectivity index (χ0) is 21.3. The SMILES string of the molecule is C[C@@H]1CCCCN1C(=O)CSc1nc2ccccc2c(=O)n1-c1ccc(F)c(Cl)c1. The van der Waals surface area contributed by atoms with Crippen molar-refractivity contribution in [3.05, 3.63) is 63.7 Å². The normalized spacial score (nSPS) is 16.8. The van der Waals surface area contributed by atoms with Gasteiger partial charge in [0, 0.05) is 12.6 Å². The smallest absolute Gasteiger partial charge is 0.266 e. The Morgan fingerprint density at radius 3 is 2.83 bits per heavy atom. The van der Waals surface area contributed by atoms with Gasteiger partial charge in [-0.25, -0.2) is 9.37 Å². The number of para-hydroxylation sites is 1. The van der Waals surface area contributed by atoms with Crippen LogP contribution in [0.5, 0.6) is 0 Å². The van der Waals surface area contributed by atoms with Gasteiger partial charge in [0.15, 0.2) is 5.16 Å². The van der Waals surface area contributed by atoms with E-state index in [1.807, 2.05) is 11.0 Å². The Morgan fingerprint density at radius 2 is 2.07 bits per heavy atom. The Morgan fingerprint density at radius 1 is 1.27 bits per heavy atom. The van der Waals surface area contributed by atoms with Crippen molar-refractivity contribution >= 4 is 40.2 Å². The first-order chi connectivity index (χ1) is 14.5. The van der Waals surface area contributed by atoms with Gasteiger partial charge in [-0.2, -0.15) is 0 Å². The Balaban J connectivity index is 1.73. The van der Waals surface area contributed by atoms with E-state index in [2.05, 4.69) is 11.9 Å². The van der Waals surface area contributed by atoms with Crippen LogP contribution in [0.15, 0.2) is 52.4 Å². The lowest BCUT2D eigenvalue weighted by Crippen LogP contribution is -2.43. The summed E-state index contributed by atoms with van der Waals surface area (Å²) in [7, 11) is 0. The molecule has 1 amide bonds. The number of thioether (sulfide) groups is 1. The quantitative estimate of drug-likeness (QED) is 0.432. The minimum atomic E-state index is -0.564. The third-order valence-corrected chi connectivity index (χ3v) is 6.57. The Bertz CT molecular complexity index is 1170. The molecule has 1 aliphatic rings. The van der Waals surface area contributed by atoms with Gasteiger partial charge in [-0.05, 0) is 56.5 Å². The largest absolute Gasteiger partial charge is 0.339 e. The molecule has 0 spiro atoms. The van der Waals surface area contributed by atoms with Crippen molar-refractivity contribution < 1.29 is 9.18 Å². The Hall–Kier alpha value is -2.38. The average molecular weight is 446 g/mol. The van der Waals surface area contributed by atoms with E-state index < -0.39 is 5.82 Å². The van der Waals surface area contributed by atoms with Crippen molar-refractivity contribution in [2.24, 2.45) is 0 Å². The monoisotopic (exact) mass is 445 g/mol. The molecule has 4 rings (SSSR count). The van der Waals surface area contributed by atoms with Crippen LogP contribution in [0, 0.1) is 5.82 Å². The van der Waals surface area contributed by atoms with E-state index in [0.29, 0.717) is 21.7 Å². The Kier molecular flexibility index (Phi) is 6.11. The number of aromatic nitrogens is 2. The van der Waals surface area contributed by atoms with Gasteiger partial charge in [0.25, 0.3) is 5.56 Å². The van der Waals surface area contributed by atoms with Crippen molar-refractivity contribution in [3.8, 4) is 5.69 Å². The van der Waals surface area contributed by atoms with E-state index >= 15 is 0 Å². The highest BCUT2D eigenvalue weighted by Crippen LogP contribution is 2.25. The van der Waals surface area contributed by atoms with Crippen LogP contribution >= 0.6 is 23.4 Å². The molecule has 8 heteroatoms. The number of carbonyl (C=O) groups is 1. The van der Waals surface area contributed by atoms with Crippen LogP contribution in [-0.2, 0) is 4.79 Å². The number of fused-ring (bicyclic) bond motifs is 1. The van der Waals surface area contributed by atoms with Gasteiger partial charge >= 0.3 is 0 Å². The Labute approximate surface area is 182 Å². The number of benzene rings is 2. The highest BCUT2D eigenvalue weighted by molar-refractivity contribution is 7.99. The summed E-state index contributed by atoms with van der Waals surface area (Å²) in [5.41, 5.74) is 0.670. The van der Waals surface area contributed by atoms with Gasteiger partial charge in [0.2, 0.25) is 5.91 Å². The minimum absolute atomic E-state index is 0.0262. The van der Waals surface area contributed by atoms with Gasteiger partial charge < -0.3 is 4.90 Å². The average Bonchev–Trinajstić information content (AvgIpc) is 2.74. The first kappa shape index (κ1) is 20.9. The molecule has 30 heavy (non-hydrogen) atoms. The number of carbonyl (C=O) groups excluding carboxylic acids is 1. The molecule has 1 fully saturated rings. The molecule has 1 saturated heterocycles. The molecule has 3 aromatic rings. The number of likely N-dealkylation sites (tertiary alicyclic amines) is 1. The third kappa shape index (κ3) is 4.09. The number of hydrogen-bond donors (Lipinski definition) is 0. The second kappa shape index (κ2) is 8.78. The second-order valence-electron chi connectivity index (χ2n) is 7.37. The van der Waals surface area contributed by atoms with Crippen LogP contribution in [0.1, 0.15) is 26.2 Å². The van der Waals surface area contributed by atoms with Crippen LogP contribution in [-0.4, -0.2) is 38.7 Å². The lowest BCUT2D eigenvalue weighted by Gasteiger charge is -2.33. The third-order valence-electron chi connectivity index (χ3n) is 5.35. The van der Waals surface area contributed by atoms with E-state index in [9.17, 15) is 14.0 Å².